The van der Waals surface area contributed by atoms with E-state index in [1.165, 1.54) is 17.8 Å². The third-order valence-corrected chi connectivity index (χ3v) is 5.86. The van der Waals surface area contributed by atoms with Crippen molar-refractivity contribution >= 4 is 23.1 Å². The maximum Gasteiger partial charge on any atom is 0.437 e. The third kappa shape index (κ3) is 3.50. The fourth-order valence-corrected chi connectivity index (χ4v) is 4.50. The molecule has 12 heteroatoms. The van der Waals surface area contributed by atoms with Crippen LogP contribution in [0, 0.1) is 0 Å². The van der Waals surface area contributed by atoms with E-state index in [1.54, 1.807) is 6.20 Å². The summed E-state index contributed by atoms with van der Waals surface area (Å²) in [7, 11) is 1.36. The van der Waals surface area contributed by atoms with Crippen LogP contribution in [0.15, 0.2) is 24.7 Å². The van der Waals surface area contributed by atoms with E-state index in [0.29, 0.717) is 17.7 Å². The summed E-state index contributed by atoms with van der Waals surface area (Å²) in [6, 6.07) is 2.56. The van der Waals surface area contributed by atoms with Crippen LogP contribution in [0.5, 0.6) is 0 Å². The average molecular weight is 434 g/mol. The number of carbonyl (C=O) groups excluding carboxylic acids is 1. The Labute approximate surface area is 175 Å². The Hall–Kier alpha value is -3.15. The summed E-state index contributed by atoms with van der Waals surface area (Å²) in [5.74, 6) is 0.0225. The molecule has 2 aliphatic heterocycles. The van der Waals surface area contributed by atoms with Gasteiger partial charge in [0.2, 0.25) is 0 Å². The first-order chi connectivity index (χ1) is 14.8. The van der Waals surface area contributed by atoms with Crippen LogP contribution in [0.3, 0.4) is 0 Å². The Morgan fingerprint density at radius 2 is 2.06 bits per heavy atom. The van der Waals surface area contributed by atoms with Crippen LogP contribution >= 0.6 is 0 Å². The van der Waals surface area contributed by atoms with Gasteiger partial charge in [0, 0.05) is 38.1 Å². The highest BCUT2D eigenvalue weighted by atomic mass is 19.4. The number of aryl methyl sites for hydroxylation is 1. The van der Waals surface area contributed by atoms with Crippen molar-refractivity contribution < 1.29 is 18.0 Å². The Kier molecular flexibility index (Phi) is 4.61. The molecular weight excluding hydrogens is 413 g/mol. The van der Waals surface area contributed by atoms with Gasteiger partial charge in [0.05, 0.1) is 11.9 Å². The van der Waals surface area contributed by atoms with Gasteiger partial charge in [0.1, 0.15) is 11.4 Å². The zero-order valence-electron chi connectivity index (χ0n) is 16.7. The van der Waals surface area contributed by atoms with E-state index in [0.717, 1.165) is 49.0 Å². The van der Waals surface area contributed by atoms with Gasteiger partial charge in [-0.25, -0.2) is 9.50 Å². The predicted octanol–water partition coefficient (Wildman–Crippen LogP) is 2.06. The smallest absolute Gasteiger partial charge is 0.349 e. The SMILES string of the molecule is Cn1cc(NC(=O)c2cnn3ccc(N4[C@@H]5CCNC[C@H]4CC5)nc23)c(C(F)(F)F)n1. The number of aromatic nitrogens is 5. The summed E-state index contributed by atoms with van der Waals surface area (Å²) in [6.07, 6.45) is 2.63. The highest BCUT2D eigenvalue weighted by molar-refractivity contribution is 6.08. The maximum atomic E-state index is 13.2. The molecule has 164 valence electrons. The largest absolute Gasteiger partial charge is 0.437 e. The second-order valence-electron chi connectivity index (χ2n) is 7.91. The van der Waals surface area contributed by atoms with Gasteiger partial charge < -0.3 is 15.5 Å². The Balaban J connectivity index is 1.47. The molecule has 0 radical (unpaired) electrons. The van der Waals surface area contributed by atoms with Crippen molar-refractivity contribution in [3.63, 3.8) is 0 Å². The van der Waals surface area contributed by atoms with Crippen molar-refractivity contribution in [1.82, 2.24) is 29.7 Å². The van der Waals surface area contributed by atoms with Crippen molar-refractivity contribution in [2.75, 3.05) is 23.3 Å². The molecule has 0 aliphatic carbocycles. The van der Waals surface area contributed by atoms with Crippen molar-refractivity contribution in [2.45, 2.75) is 37.5 Å². The molecule has 2 N–H and O–H groups in total. The summed E-state index contributed by atoms with van der Waals surface area (Å²) in [5.41, 5.74) is -1.17. The van der Waals surface area contributed by atoms with Crippen molar-refractivity contribution in [3.8, 4) is 0 Å². The molecule has 0 aromatic carbocycles. The van der Waals surface area contributed by atoms with E-state index >= 15 is 0 Å². The normalized spacial score (nSPS) is 21.5. The van der Waals surface area contributed by atoms with Crippen molar-refractivity contribution in [3.05, 3.63) is 35.9 Å². The molecule has 9 nitrogen and oxygen atoms in total. The number of carbonyl (C=O) groups is 1. The highest BCUT2D eigenvalue weighted by Gasteiger charge is 2.38. The number of anilines is 2. The zero-order chi connectivity index (χ0) is 21.8. The van der Waals surface area contributed by atoms with Crippen LogP contribution in [0.4, 0.5) is 24.7 Å². The van der Waals surface area contributed by atoms with E-state index in [4.69, 9.17) is 0 Å². The molecule has 0 unspecified atom stereocenters. The standard InChI is InChI=1S/C19H21F3N8O/c1-28-10-14(16(27-28)19(20,21)22)25-18(31)13-9-24-29-7-5-15(26-17(13)29)30-11-2-3-12(30)8-23-6-4-11/h5,7,9-12,23H,2-4,6,8H2,1H3,(H,25,31)/t11-,12+/m0/s1. The van der Waals surface area contributed by atoms with Crippen molar-refractivity contribution in [1.29, 1.82) is 0 Å². The summed E-state index contributed by atoms with van der Waals surface area (Å²) >= 11 is 0. The number of nitrogens with one attached hydrogen (secondary N) is 2. The molecule has 1 amide bonds. The number of amides is 1. The van der Waals surface area contributed by atoms with Gasteiger partial charge in [-0.15, -0.1) is 0 Å². The first kappa shape index (κ1) is 19.8. The molecule has 2 fully saturated rings. The molecule has 5 rings (SSSR count). The van der Waals surface area contributed by atoms with Gasteiger partial charge in [-0.3, -0.25) is 9.48 Å². The molecule has 31 heavy (non-hydrogen) atoms. The summed E-state index contributed by atoms with van der Waals surface area (Å²) < 4.78 is 42.1. The van der Waals surface area contributed by atoms with Crippen molar-refractivity contribution in [2.24, 2.45) is 7.05 Å². The van der Waals surface area contributed by atoms with Crippen LogP contribution in [0.2, 0.25) is 0 Å². The number of fused-ring (bicyclic) bond motifs is 3. The van der Waals surface area contributed by atoms with Gasteiger partial charge >= 0.3 is 6.18 Å². The molecule has 2 atom stereocenters. The number of nitrogens with zero attached hydrogens (tertiary/aromatic N) is 6. The third-order valence-electron chi connectivity index (χ3n) is 5.86. The van der Waals surface area contributed by atoms with Crippen LogP contribution in [0.25, 0.3) is 5.65 Å². The molecule has 2 bridgehead atoms. The van der Waals surface area contributed by atoms with E-state index < -0.39 is 23.5 Å². The lowest BCUT2D eigenvalue weighted by Gasteiger charge is -2.29. The second kappa shape index (κ2) is 7.22. The molecule has 3 aromatic heterocycles. The van der Waals surface area contributed by atoms with Gasteiger partial charge in [-0.1, -0.05) is 0 Å². The van der Waals surface area contributed by atoms with E-state index in [9.17, 15) is 18.0 Å². The molecule has 0 saturated carbocycles. The first-order valence-electron chi connectivity index (χ1n) is 10.1. The van der Waals surface area contributed by atoms with E-state index in [1.807, 2.05) is 6.07 Å². The maximum absolute atomic E-state index is 13.2. The summed E-state index contributed by atoms with van der Waals surface area (Å²) in [6.45, 7) is 1.82. The lowest BCUT2D eigenvalue weighted by molar-refractivity contribution is -0.140. The summed E-state index contributed by atoms with van der Waals surface area (Å²) in [5, 5.41) is 13.3. The quantitative estimate of drug-likeness (QED) is 0.656. The summed E-state index contributed by atoms with van der Waals surface area (Å²) in [4.78, 5) is 19.8. The fourth-order valence-electron chi connectivity index (χ4n) is 4.50. The Bertz CT molecular complexity index is 1120. The van der Waals surface area contributed by atoms with Crippen LogP contribution in [-0.2, 0) is 13.2 Å². The Morgan fingerprint density at radius 1 is 1.26 bits per heavy atom. The van der Waals surface area contributed by atoms with E-state index in [2.05, 4.69) is 30.7 Å². The van der Waals surface area contributed by atoms with Crippen LogP contribution in [-0.4, -0.2) is 55.5 Å². The fraction of sp³-hybridized carbons (Fsp3) is 0.474. The molecule has 0 spiro atoms. The van der Waals surface area contributed by atoms with Crippen LogP contribution in [0.1, 0.15) is 35.3 Å². The minimum atomic E-state index is -4.68. The molecule has 2 saturated heterocycles. The number of hydrogen-bond acceptors (Lipinski definition) is 6. The molecule has 2 aliphatic rings. The first-order valence-corrected chi connectivity index (χ1v) is 10.1. The molecular formula is C19H21F3N8O. The second-order valence-corrected chi connectivity index (χ2v) is 7.91. The highest BCUT2D eigenvalue weighted by Crippen LogP contribution is 2.34. The number of hydrogen-bond donors (Lipinski definition) is 2. The van der Waals surface area contributed by atoms with Gasteiger partial charge in [-0.2, -0.15) is 23.4 Å². The van der Waals surface area contributed by atoms with Gasteiger partial charge in [0.25, 0.3) is 5.91 Å². The predicted molar refractivity (Wildman–Crippen MR) is 106 cm³/mol. The molecule has 5 heterocycles. The number of rotatable bonds is 3. The minimum absolute atomic E-state index is 0.0964. The monoisotopic (exact) mass is 434 g/mol. The topological polar surface area (TPSA) is 92.4 Å². The minimum Gasteiger partial charge on any atom is -0.349 e. The van der Waals surface area contributed by atoms with Gasteiger partial charge in [-0.05, 0) is 31.9 Å². The zero-order valence-corrected chi connectivity index (χ0v) is 16.7. The average Bonchev–Trinajstić information content (AvgIpc) is 3.35. The lowest BCUT2D eigenvalue weighted by Crippen LogP contribution is -2.38. The van der Waals surface area contributed by atoms with E-state index in [-0.39, 0.29) is 5.56 Å². The lowest BCUT2D eigenvalue weighted by atomic mass is 10.1. The number of halogens is 3. The molecule has 3 aromatic rings. The van der Waals surface area contributed by atoms with Crippen LogP contribution < -0.4 is 15.5 Å². The Morgan fingerprint density at radius 3 is 2.87 bits per heavy atom. The number of alkyl halides is 3. The van der Waals surface area contributed by atoms with Gasteiger partial charge in [0.15, 0.2) is 11.3 Å².